The van der Waals surface area contributed by atoms with Crippen LogP contribution in [-0.2, 0) is 16.1 Å². The quantitative estimate of drug-likeness (QED) is 0.645. The van der Waals surface area contributed by atoms with Crippen LogP contribution in [0.5, 0.6) is 0 Å². The van der Waals surface area contributed by atoms with E-state index in [2.05, 4.69) is 15.7 Å². The topological polar surface area (TPSA) is 119 Å². The molecule has 0 saturated heterocycles. The average Bonchev–Trinajstić information content (AvgIpc) is 2.68. The van der Waals surface area contributed by atoms with Crippen molar-refractivity contribution in [1.82, 2.24) is 20.4 Å². The second kappa shape index (κ2) is 10.7. The largest absolute Gasteiger partial charge is 0.451 e. The fourth-order valence-electron chi connectivity index (χ4n) is 2.31. The molecule has 0 bridgehead atoms. The van der Waals surface area contributed by atoms with Crippen LogP contribution in [0.15, 0.2) is 47.3 Å². The summed E-state index contributed by atoms with van der Waals surface area (Å²) in [7, 11) is 0. The van der Waals surface area contributed by atoms with Crippen molar-refractivity contribution in [1.29, 1.82) is 0 Å². The summed E-state index contributed by atoms with van der Waals surface area (Å²) < 4.78 is 6.00. The molecule has 2 aromatic rings. The zero-order chi connectivity index (χ0) is 21.2. The van der Waals surface area contributed by atoms with E-state index in [0.717, 1.165) is 16.7 Å². The second-order valence-electron chi connectivity index (χ2n) is 6.76. The number of imide groups is 1. The van der Waals surface area contributed by atoms with E-state index in [4.69, 9.17) is 4.74 Å². The molecule has 1 aromatic heterocycles. The normalized spacial score (nSPS) is 10.4. The number of hydrogen-bond acceptors (Lipinski definition) is 6. The van der Waals surface area contributed by atoms with Crippen LogP contribution < -0.4 is 16.2 Å². The monoisotopic (exact) mass is 400 g/mol. The van der Waals surface area contributed by atoms with Crippen molar-refractivity contribution in [2.45, 2.75) is 26.8 Å². The van der Waals surface area contributed by atoms with Gasteiger partial charge in [-0.2, -0.15) is 5.10 Å². The summed E-state index contributed by atoms with van der Waals surface area (Å²) >= 11 is 0. The number of amides is 3. The van der Waals surface area contributed by atoms with E-state index in [-0.39, 0.29) is 17.8 Å². The van der Waals surface area contributed by atoms with Gasteiger partial charge in [-0.1, -0.05) is 44.2 Å². The Morgan fingerprint density at radius 1 is 1.10 bits per heavy atom. The van der Waals surface area contributed by atoms with E-state index < -0.39 is 24.5 Å². The Labute approximate surface area is 168 Å². The Morgan fingerprint density at radius 3 is 2.52 bits per heavy atom. The molecule has 1 aromatic carbocycles. The molecule has 3 amide bonds. The lowest BCUT2D eigenvalue weighted by Gasteiger charge is -2.09. The Balaban J connectivity index is 1.87. The number of urea groups is 1. The number of ether oxygens (including phenoxy) is 1. The van der Waals surface area contributed by atoms with Gasteiger partial charge < -0.3 is 10.1 Å². The molecule has 0 unspecified atom stereocenters. The highest BCUT2D eigenvalue weighted by molar-refractivity contribution is 5.96. The summed E-state index contributed by atoms with van der Waals surface area (Å²) in [5.41, 5.74) is 0.353. The van der Waals surface area contributed by atoms with Crippen molar-refractivity contribution >= 4 is 17.9 Å². The van der Waals surface area contributed by atoms with Crippen LogP contribution in [0.25, 0.3) is 0 Å². The summed E-state index contributed by atoms with van der Waals surface area (Å²) in [6.07, 6.45) is 0.779. The van der Waals surface area contributed by atoms with Gasteiger partial charge in [-0.25, -0.2) is 14.3 Å². The molecule has 0 aliphatic carbocycles. The molecule has 2 N–H and O–H groups in total. The molecule has 0 aliphatic rings. The minimum atomic E-state index is -0.873. The van der Waals surface area contributed by atoms with Gasteiger partial charge in [0, 0.05) is 12.6 Å². The first-order chi connectivity index (χ1) is 13.8. The van der Waals surface area contributed by atoms with Crippen LogP contribution in [0.1, 0.15) is 36.3 Å². The minimum absolute atomic E-state index is 0.116. The van der Waals surface area contributed by atoms with Crippen LogP contribution in [0, 0.1) is 5.92 Å². The third kappa shape index (κ3) is 7.57. The maximum Gasteiger partial charge on any atom is 0.359 e. The van der Waals surface area contributed by atoms with Crippen LogP contribution >= 0.6 is 0 Å². The van der Waals surface area contributed by atoms with Gasteiger partial charge in [-0.15, -0.1) is 0 Å². The van der Waals surface area contributed by atoms with Crippen LogP contribution in [0.2, 0.25) is 0 Å². The zero-order valence-electron chi connectivity index (χ0n) is 16.4. The highest BCUT2D eigenvalue weighted by atomic mass is 16.5. The standard InChI is InChI=1S/C20H24N4O5/c1-14(2)10-11-21-20(28)22-17(25)13-29-19(27)16-8-9-18(26)24(23-16)12-15-6-4-3-5-7-15/h3-9,14H,10-13H2,1-2H3,(H2,21,22,25,28). The third-order valence-electron chi connectivity index (χ3n) is 3.85. The van der Waals surface area contributed by atoms with Gasteiger partial charge in [0.05, 0.1) is 6.54 Å². The number of benzene rings is 1. The highest BCUT2D eigenvalue weighted by Crippen LogP contribution is 2.01. The van der Waals surface area contributed by atoms with E-state index in [1.165, 1.54) is 12.1 Å². The Morgan fingerprint density at radius 2 is 1.83 bits per heavy atom. The lowest BCUT2D eigenvalue weighted by molar-refractivity contribution is -0.123. The first kappa shape index (κ1) is 21.8. The fraction of sp³-hybridized carbons (Fsp3) is 0.350. The maximum absolute atomic E-state index is 12.1. The molecule has 0 spiro atoms. The number of hydrogen-bond donors (Lipinski definition) is 2. The van der Waals surface area contributed by atoms with Gasteiger partial charge in [-0.05, 0) is 24.0 Å². The molecule has 9 heteroatoms. The van der Waals surface area contributed by atoms with E-state index in [1.807, 2.05) is 44.2 Å². The van der Waals surface area contributed by atoms with Gasteiger partial charge in [0.2, 0.25) is 0 Å². The number of rotatable bonds is 8. The van der Waals surface area contributed by atoms with E-state index in [9.17, 15) is 19.2 Å². The third-order valence-corrected chi connectivity index (χ3v) is 3.85. The second-order valence-corrected chi connectivity index (χ2v) is 6.76. The van der Waals surface area contributed by atoms with E-state index in [1.54, 1.807) is 0 Å². The lowest BCUT2D eigenvalue weighted by atomic mass is 10.1. The lowest BCUT2D eigenvalue weighted by Crippen LogP contribution is -2.42. The van der Waals surface area contributed by atoms with E-state index in [0.29, 0.717) is 12.5 Å². The SMILES string of the molecule is CC(C)CCNC(=O)NC(=O)COC(=O)c1ccc(=O)n(Cc2ccccc2)n1. The first-order valence-corrected chi connectivity index (χ1v) is 9.22. The van der Waals surface area contributed by atoms with Gasteiger partial charge in [0.15, 0.2) is 12.3 Å². The van der Waals surface area contributed by atoms with Gasteiger partial charge in [0.1, 0.15) is 0 Å². The molecule has 0 aliphatic heterocycles. The van der Waals surface area contributed by atoms with Crippen molar-refractivity contribution in [3.8, 4) is 0 Å². The number of carbonyl (C=O) groups is 3. The summed E-state index contributed by atoms with van der Waals surface area (Å²) in [5.74, 6) is -1.22. The van der Waals surface area contributed by atoms with Gasteiger partial charge in [-0.3, -0.25) is 14.9 Å². The van der Waals surface area contributed by atoms with Gasteiger partial charge in [0.25, 0.3) is 11.5 Å². The molecule has 154 valence electrons. The zero-order valence-corrected chi connectivity index (χ0v) is 16.4. The smallest absolute Gasteiger partial charge is 0.359 e. The Kier molecular flexibility index (Phi) is 8.08. The van der Waals surface area contributed by atoms with Crippen molar-refractivity contribution in [2.75, 3.05) is 13.2 Å². The molecule has 0 fully saturated rings. The molecule has 0 atom stereocenters. The Bertz CT molecular complexity index is 909. The summed E-state index contributed by atoms with van der Waals surface area (Å²) in [4.78, 5) is 47.4. The van der Waals surface area contributed by atoms with Crippen LogP contribution in [0.4, 0.5) is 4.79 Å². The summed E-state index contributed by atoms with van der Waals surface area (Å²) in [5, 5.41) is 8.59. The summed E-state index contributed by atoms with van der Waals surface area (Å²) in [6, 6.07) is 10.9. The number of carbonyl (C=O) groups excluding carboxylic acids is 3. The molecule has 0 radical (unpaired) electrons. The fourth-order valence-corrected chi connectivity index (χ4v) is 2.31. The van der Waals surface area contributed by atoms with Gasteiger partial charge >= 0.3 is 12.0 Å². The molecular weight excluding hydrogens is 376 g/mol. The van der Waals surface area contributed by atoms with Crippen molar-refractivity contribution in [3.05, 3.63) is 64.1 Å². The van der Waals surface area contributed by atoms with Crippen molar-refractivity contribution in [3.63, 3.8) is 0 Å². The maximum atomic E-state index is 12.1. The predicted octanol–water partition coefficient (Wildman–Crippen LogP) is 1.32. The van der Waals surface area contributed by atoms with E-state index >= 15 is 0 Å². The number of esters is 1. The number of aromatic nitrogens is 2. The predicted molar refractivity (Wildman–Crippen MR) is 105 cm³/mol. The summed E-state index contributed by atoms with van der Waals surface area (Å²) in [6.45, 7) is 4.01. The molecule has 2 rings (SSSR count). The number of nitrogens with zero attached hydrogens (tertiary/aromatic N) is 2. The van der Waals surface area contributed by atoms with Crippen LogP contribution in [0.3, 0.4) is 0 Å². The number of nitrogens with one attached hydrogen (secondary N) is 2. The van der Waals surface area contributed by atoms with Crippen molar-refractivity contribution < 1.29 is 19.1 Å². The molecule has 29 heavy (non-hydrogen) atoms. The Hall–Kier alpha value is -3.49. The molecule has 0 saturated carbocycles. The molecular formula is C20H24N4O5. The highest BCUT2D eigenvalue weighted by Gasteiger charge is 2.15. The molecule has 9 nitrogen and oxygen atoms in total. The first-order valence-electron chi connectivity index (χ1n) is 9.22. The van der Waals surface area contributed by atoms with Crippen LogP contribution in [-0.4, -0.2) is 40.8 Å². The van der Waals surface area contributed by atoms with Crippen molar-refractivity contribution in [2.24, 2.45) is 5.92 Å². The molecule has 1 heterocycles. The average molecular weight is 400 g/mol. The minimum Gasteiger partial charge on any atom is -0.451 e.